The fourth-order valence-electron chi connectivity index (χ4n) is 2.61. The van der Waals surface area contributed by atoms with Crippen molar-refractivity contribution in [1.82, 2.24) is 9.88 Å². The highest BCUT2D eigenvalue weighted by Gasteiger charge is 2.20. The van der Waals surface area contributed by atoms with E-state index in [0.29, 0.717) is 13.1 Å². The zero-order valence-electron chi connectivity index (χ0n) is 13.9. The number of carbonyl (C=O) groups excluding carboxylic acids is 1. The number of aryl methyl sites for hydroxylation is 2. The van der Waals surface area contributed by atoms with Crippen LogP contribution in [0.25, 0.3) is 0 Å². The van der Waals surface area contributed by atoms with E-state index in [9.17, 15) is 4.79 Å². The van der Waals surface area contributed by atoms with E-state index in [1.54, 1.807) is 17.4 Å². The average molecular weight is 320 g/mol. The third-order valence-electron chi connectivity index (χ3n) is 3.92. The lowest BCUT2D eigenvalue weighted by atomic mass is 10.0. The molecule has 4 nitrogen and oxygen atoms in total. The molecule has 122 valence electrons. The largest absolute Gasteiger partial charge is 0.467 e. The summed E-state index contributed by atoms with van der Waals surface area (Å²) >= 11 is 0. The topological polar surface area (TPSA) is 46.3 Å². The lowest BCUT2D eigenvalue weighted by molar-refractivity contribution is 0.0714. The first-order valence-electron chi connectivity index (χ1n) is 7.92. The smallest absolute Gasteiger partial charge is 0.254 e. The summed E-state index contributed by atoms with van der Waals surface area (Å²) in [5.41, 5.74) is 3.61. The van der Waals surface area contributed by atoms with Crippen molar-refractivity contribution in [2.75, 3.05) is 0 Å². The lowest BCUT2D eigenvalue weighted by Crippen LogP contribution is -2.31. The molecule has 0 radical (unpaired) electrons. The summed E-state index contributed by atoms with van der Waals surface area (Å²) in [6.07, 6.45) is 3.36. The summed E-state index contributed by atoms with van der Waals surface area (Å²) in [6.45, 7) is 4.80. The molecular formula is C20H20N2O2. The van der Waals surface area contributed by atoms with Gasteiger partial charge in [0.25, 0.3) is 5.91 Å². The molecular weight excluding hydrogens is 300 g/mol. The highest BCUT2D eigenvalue weighted by atomic mass is 16.3. The molecule has 0 saturated heterocycles. The molecule has 0 N–H and O–H groups in total. The van der Waals surface area contributed by atoms with Gasteiger partial charge in [-0.3, -0.25) is 9.78 Å². The van der Waals surface area contributed by atoms with Crippen LogP contribution in [0, 0.1) is 13.8 Å². The van der Waals surface area contributed by atoms with Crippen LogP contribution < -0.4 is 0 Å². The number of furan rings is 1. The van der Waals surface area contributed by atoms with E-state index in [4.69, 9.17) is 4.42 Å². The quantitative estimate of drug-likeness (QED) is 0.710. The number of rotatable bonds is 5. The van der Waals surface area contributed by atoms with Gasteiger partial charge < -0.3 is 9.32 Å². The van der Waals surface area contributed by atoms with Crippen molar-refractivity contribution in [3.05, 3.63) is 89.1 Å². The van der Waals surface area contributed by atoms with E-state index < -0.39 is 0 Å². The normalized spacial score (nSPS) is 10.6. The molecule has 24 heavy (non-hydrogen) atoms. The van der Waals surface area contributed by atoms with Crippen LogP contribution in [0.3, 0.4) is 0 Å². The van der Waals surface area contributed by atoms with Gasteiger partial charge in [0.05, 0.1) is 25.0 Å². The van der Waals surface area contributed by atoms with Crippen LogP contribution in [0.4, 0.5) is 0 Å². The lowest BCUT2D eigenvalue weighted by Gasteiger charge is -2.22. The van der Waals surface area contributed by atoms with Crippen LogP contribution in [0.1, 0.15) is 32.9 Å². The Kier molecular flexibility index (Phi) is 4.75. The third-order valence-corrected chi connectivity index (χ3v) is 3.92. The Bertz CT molecular complexity index is 811. The Morgan fingerprint density at radius 3 is 2.67 bits per heavy atom. The molecule has 0 spiro atoms. The minimum atomic E-state index is -0.0155. The van der Waals surface area contributed by atoms with Gasteiger partial charge in [-0.1, -0.05) is 23.8 Å². The summed E-state index contributed by atoms with van der Waals surface area (Å²) in [6, 6.07) is 15.4. The Hall–Kier alpha value is -2.88. The van der Waals surface area contributed by atoms with Gasteiger partial charge in [0.15, 0.2) is 0 Å². The predicted molar refractivity (Wildman–Crippen MR) is 92.4 cm³/mol. The third kappa shape index (κ3) is 3.71. The van der Waals surface area contributed by atoms with Crippen LogP contribution in [0.2, 0.25) is 0 Å². The maximum Gasteiger partial charge on any atom is 0.254 e. The van der Waals surface area contributed by atoms with Gasteiger partial charge >= 0.3 is 0 Å². The van der Waals surface area contributed by atoms with Crippen molar-refractivity contribution in [3.63, 3.8) is 0 Å². The van der Waals surface area contributed by atoms with Gasteiger partial charge in [0.2, 0.25) is 0 Å². The van der Waals surface area contributed by atoms with E-state index in [1.165, 1.54) is 0 Å². The molecule has 0 saturated carbocycles. The fraction of sp³-hybridized carbons (Fsp3) is 0.200. The second kappa shape index (κ2) is 7.13. The molecule has 0 unspecified atom stereocenters. The van der Waals surface area contributed by atoms with Gasteiger partial charge in [-0.2, -0.15) is 0 Å². The van der Waals surface area contributed by atoms with Crippen LogP contribution in [-0.2, 0) is 13.1 Å². The number of pyridine rings is 1. The number of carbonyl (C=O) groups is 1. The minimum absolute atomic E-state index is 0.0155. The Morgan fingerprint density at radius 1 is 1.08 bits per heavy atom. The number of hydrogen-bond donors (Lipinski definition) is 0. The van der Waals surface area contributed by atoms with Gasteiger partial charge in [-0.15, -0.1) is 0 Å². The molecule has 2 aromatic heterocycles. The summed E-state index contributed by atoms with van der Waals surface area (Å²) in [5, 5.41) is 0. The van der Waals surface area contributed by atoms with Crippen molar-refractivity contribution < 1.29 is 9.21 Å². The number of nitrogens with zero attached hydrogens (tertiary/aromatic N) is 2. The van der Waals surface area contributed by atoms with E-state index in [2.05, 4.69) is 4.98 Å². The molecule has 0 aliphatic heterocycles. The van der Waals surface area contributed by atoms with Crippen LogP contribution >= 0.6 is 0 Å². The first-order chi connectivity index (χ1) is 11.6. The van der Waals surface area contributed by atoms with E-state index in [-0.39, 0.29) is 5.91 Å². The molecule has 1 amide bonds. The zero-order chi connectivity index (χ0) is 16.9. The maximum absolute atomic E-state index is 13.1. The molecule has 1 aromatic carbocycles. The zero-order valence-corrected chi connectivity index (χ0v) is 13.9. The number of benzene rings is 1. The first-order valence-corrected chi connectivity index (χ1v) is 7.92. The summed E-state index contributed by atoms with van der Waals surface area (Å²) in [4.78, 5) is 19.2. The summed E-state index contributed by atoms with van der Waals surface area (Å²) in [5.74, 6) is 0.739. The predicted octanol–water partition coefficient (Wildman–Crippen LogP) is 4.13. The van der Waals surface area contributed by atoms with Crippen molar-refractivity contribution in [1.29, 1.82) is 0 Å². The van der Waals surface area contributed by atoms with Gasteiger partial charge in [-0.05, 0) is 49.7 Å². The minimum Gasteiger partial charge on any atom is -0.467 e. The number of amides is 1. The molecule has 0 fully saturated rings. The SMILES string of the molecule is Cc1ccc(C)c(C(=O)N(Cc2ccccn2)Cc2ccco2)c1. The molecule has 2 heterocycles. The second-order valence-corrected chi connectivity index (χ2v) is 5.88. The highest BCUT2D eigenvalue weighted by Crippen LogP contribution is 2.17. The Morgan fingerprint density at radius 2 is 1.96 bits per heavy atom. The van der Waals surface area contributed by atoms with Crippen LogP contribution in [0.15, 0.2) is 65.4 Å². The van der Waals surface area contributed by atoms with Crippen LogP contribution in [0.5, 0.6) is 0 Å². The summed E-state index contributed by atoms with van der Waals surface area (Å²) < 4.78 is 5.43. The van der Waals surface area contributed by atoms with Crippen molar-refractivity contribution in [3.8, 4) is 0 Å². The molecule has 0 aliphatic rings. The Labute approximate surface area is 141 Å². The molecule has 4 heteroatoms. The highest BCUT2D eigenvalue weighted by molar-refractivity contribution is 5.95. The fourth-order valence-corrected chi connectivity index (χ4v) is 2.61. The molecule has 0 atom stereocenters. The average Bonchev–Trinajstić information content (AvgIpc) is 3.10. The standard InChI is InChI=1S/C20H20N2O2/c1-15-8-9-16(2)19(12-15)20(23)22(14-18-7-5-11-24-18)13-17-6-3-4-10-21-17/h3-12H,13-14H2,1-2H3. The van der Waals surface area contributed by atoms with E-state index in [0.717, 1.165) is 28.1 Å². The molecule has 3 aromatic rings. The van der Waals surface area contributed by atoms with Gasteiger partial charge in [0.1, 0.15) is 5.76 Å². The number of aromatic nitrogens is 1. The molecule has 3 rings (SSSR count). The number of hydrogen-bond acceptors (Lipinski definition) is 3. The monoisotopic (exact) mass is 320 g/mol. The van der Waals surface area contributed by atoms with Gasteiger partial charge in [-0.25, -0.2) is 0 Å². The van der Waals surface area contributed by atoms with Crippen LogP contribution in [-0.4, -0.2) is 15.8 Å². The van der Waals surface area contributed by atoms with Crippen molar-refractivity contribution in [2.24, 2.45) is 0 Å². The maximum atomic E-state index is 13.1. The first kappa shape index (κ1) is 16.0. The Balaban J connectivity index is 1.90. The second-order valence-electron chi connectivity index (χ2n) is 5.88. The van der Waals surface area contributed by atoms with Crippen molar-refractivity contribution in [2.45, 2.75) is 26.9 Å². The van der Waals surface area contributed by atoms with Gasteiger partial charge in [0, 0.05) is 11.8 Å². The summed E-state index contributed by atoms with van der Waals surface area (Å²) in [7, 11) is 0. The molecule has 0 bridgehead atoms. The molecule has 0 aliphatic carbocycles. The van der Waals surface area contributed by atoms with E-state index in [1.807, 2.05) is 62.4 Å². The van der Waals surface area contributed by atoms with Crippen molar-refractivity contribution >= 4 is 5.91 Å². The van der Waals surface area contributed by atoms with E-state index >= 15 is 0 Å².